The number of carbonyl (C=O) groups excluding carboxylic acids is 1. The second-order valence-electron chi connectivity index (χ2n) is 3.34. The van der Waals surface area contributed by atoms with Gasteiger partial charge in [0.2, 0.25) is 0 Å². The highest BCUT2D eigenvalue weighted by Crippen LogP contribution is 2.17. The molecule has 0 aromatic carbocycles. The summed E-state index contributed by atoms with van der Waals surface area (Å²) in [6.45, 7) is 3.98. The zero-order valence-corrected chi connectivity index (χ0v) is 8.79. The first kappa shape index (κ1) is 12.7. The Kier molecular flexibility index (Phi) is 6.41. The van der Waals surface area contributed by atoms with Crippen molar-refractivity contribution < 1.29 is 4.79 Å². The maximum atomic E-state index is 11.6. The van der Waals surface area contributed by atoms with Crippen molar-refractivity contribution in [2.75, 3.05) is 0 Å². The summed E-state index contributed by atoms with van der Waals surface area (Å²) < 4.78 is 0. The van der Waals surface area contributed by atoms with Crippen LogP contribution in [-0.2, 0) is 4.79 Å². The molecule has 0 fully saturated rings. The molecular formula is C11H16N2O. The Balaban J connectivity index is 4.32. The average molecular weight is 192 g/mol. The number of hydrogen-bond donors (Lipinski definition) is 0. The zero-order valence-electron chi connectivity index (χ0n) is 8.79. The molecule has 0 amide bonds. The van der Waals surface area contributed by atoms with Gasteiger partial charge >= 0.3 is 0 Å². The van der Waals surface area contributed by atoms with Gasteiger partial charge in [-0.15, -0.1) is 0 Å². The number of rotatable bonds is 6. The summed E-state index contributed by atoms with van der Waals surface area (Å²) >= 11 is 0. The summed E-state index contributed by atoms with van der Waals surface area (Å²) in [6, 6.07) is 3.46. The van der Waals surface area contributed by atoms with Crippen LogP contribution in [0.5, 0.6) is 0 Å². The fourth-order valence-electron chi connectivity index (χ4n) is 1.39. The molecule has 0 rings (SSSR count). The van der Waals surface area contributed by atoms with Crippen molar-refractivity contribution >= 4 is 5.78 Å². The normalized spacial score (nSPS) is 11.8. The molecule has 0 aromatic rings. The number of carbonyl (C=O) groups is 1. The van der Waals surface area contributed by atoms with Crippen LogP contribution >= 0.6 is 0 Å². The van der Waals surface area contributed by atoms with E-state index in [1.54, 1.807) is 12.1 Å². The quantitative estimate of drug-likeness (QED) is 0.649. The van der Waals surface area contributed by atoms with Crippen LogP contribution in [0.25, 0.3) is 0 Å². The molecule has 76 valence electrons. The molecule has 1 atom stereocenters. The van der Waals surface area contributed by atoms with Crippen molar-refractivity contribution in [1.82, 2.24) is 0 Å². The van der Waals surface area contributed by atoms with E-state index in [9.17, 15) is 4.79 Å². The first-order valence-electron chi connectivity index (χ1n) is 5.04. The third-order valence-electron chi connectivity index (χ3n) is 2.34. The molecule has 0 spiro atoms. The number of hydrogen-bond acceptors (Lipinski definition) is 3. The molecule has 0 aliphatic rings. The van der Waals surface area contributed by atoms with Crippen LogP contribution in [0, 0.1) is 34.5 Å². The van der Waals surface area contributed by atoms with Gasteiger partial charge in [0.25, 0.3) is 0 Å². The van der Waals surface area contributed by atoms with Gasteiger partial charge in [0.15, 0.2) is 11.7 Å². The van der Waals surface area contributed by atoms with Crippen LogP contribution in [0.4, 0.5) is 0 Å². The monoisotopic (exact) mass is 192 g/mol. The number of nitriles is 2. The van der Waals surface area contributed by atoms with Crippen LogP contribution in [0.15, 0.2) is 0 Å². The minimum absolute atomic E-state index is 0.112. The van der Waals surface area contributed by atoms with E-state index in [0.29, 0.717) is 0 Å². The molecule has 0 aromatic heterocycles. The Morgan fingerprint density at radius 2 is 1.86 bits per heavy atom. The van der Waals surface area contributed by atoms with Gasteiger partial charge in [0.05, 0.1) is 12.1 Å². The minimum Gasteiger partial charge on any atom is -0.297 e. The second-order valence-corrected chi connectivity index (χ2v) is 3.34. The van der Waals surface area contributed by atoms with Crippen molar-refractivity contribution in [3.8, 4) is 12.1 Å². The molecule has 3 heteroatoms. The van der Waals surface area contributed by atoms with E-state index in [1.165, 1.54) is 0 Å². The fraction of sp³-hybridized carbons (Fsp3) is 0.727. The predicted octanol–water partition coefficient (Wildman–Crippen LogP) is 2.44. The molecule has 0 saturated heterocycles. The van der Waals surface area contributed by atoms with Gasteiger partial charge in [-0.25, -0.2) is 0 Å². The van der Waals surface area contributed by atoms with E-state index < -0.39 is 5.92 Å². The number of Topliss-reactive ketones (excluding diaryl/α,β-unsaturated/α-hetero) is 1. The predicted molar refractivity (Wildman–Crippen MR) is 53.0 cm³/mol. The van der Waals surface area contributed by atoms with Gasteiger partial charge in [-0.3, -0.25) is 4.79 Å². The van der Waals surface area contributed by atoms with Crippen molar-refractivity contribution in [3.63, 3.8) is 0 Å². The second kappa shape index (κ2) is 7.09. The summed E-state index contributed by atoms with van der Waals surface area (Å²) in [5.74, 6) is -1.39. The van der Waals surface area contributed by atoms with E-state index >= 15 is 0 Å². The number of ketones is 1. The largest absolute Gasteiger partial charge is 0.297 e. The topological polar surface area (TPSA) is 64.7 Å². The third kappa shape index (κ3) is 3.58. The summed E-state index contributed by atoms with van der Waals surface area (Å²) in [4.78, 5) is 11.6. The summed E-state index contributed by atoms with van der Waals surface area (Å²) in [5.41, 5.74) is 0. The van der Waals surface area contributed by atoms with Crippen molar-refractivity contribution in [2.45, 2.75) is 39.5 Å². The van der Waals surface area contributed by atoms with Crippen molar-refractivity contribution in [1.29, 1.82) is 10.5 Å². The Morgan fingerprint density at radius 1 is 1.29 bits per heavy atom. The van der Waals surface area contributed by atoms with Crippen LogP contribution in [0.2, 0.25) is 0 Å². The highest BCUT2D eigenvalue weighted by molar-refractivity contribution is 5.87. The molecule has 14 heavy (non-hydrogen) atoms. The fourth-order valence-corrected chi connectivity index (χ4v) is 1.39. The molecule has 0 radical (unpaired) electrons. The number of nitrogens with zero attached hydrogens (tertiary/aromatic N) is 2. The molecule has 0 aliphatic heterocycles. The maximum Gasteiger partial charge on any atom is 0.191 e. The average Bonchev–Trinajstić information content (AvgIpc) is 2.21. The van der Waals surface area contributed by atoms with Crippen LogP contribution < -0.4 is 0 Å². The Morgan fingerprint density at radius 3 is 2.21 bits per heavy atom. The third-order valence-corrected chi connectivity index (χ3v) is 2.34. The summed E-state index contributed by atoms with van der Waals surface area (Å²) in [6.07, 6.45) is 3.53. The Bertz CT molecular complexity index is 245. The number of unbranched alkanes of at least 4 members (excludes halogenated alkanes) is 1. The molecular weight excluding hydrogens is 176 g/mol. The van der Waals surface area contributed by atoms with E-state index in [1.807, 2.05) is 6.92 Å². The summed E-state index contributed by atoms with van der Waals surface area (Å²) in [7, 11) is 0. The molecule has 0 aliphatic carbocycles. The highest BCUT2D eigenvalue weighted by Gasteiger charge is 2.24. The maximum absolute atomic E-state index is 11.6. The summed E-state index contributed by atoms with van der Waals surface area (Å²) in [5, 5.41) is 17.1. The smallest absolute Gasteiger partial charge is 0.191 e. The molecule has 1 unspecified atom stereocenters. The zero-order chi connectivity index (χ0) is 11.0. The molecule has 3 nitrogen and oxygen atoms in total. The first-order valence-corrected chi connectivity index (χ1v) is 5.04. The van der Waals surface area contributed by atoms with Crippen LogP contribution in [0.1, 0.15) is 39.5 Å². The first-order chi connectivity index (χ1) is 6.71. The van der Waals surface area contributed by atoms with Crippen LogP contribution in [0.3, 0.4) is 0 Å². The van der Waals surface area contributed by atoms with E-state index in [2.05, 4.69) is 6.92 Å². The van der Waals surface area contributed by atoms with Crippen LogP contribution in [-0.4, -0.2) is 5.78 Å². The molecule has 0 N–H and O–H groups in total. The van der Waals surface area contributed by atoms with Gasteiger partial charge in [-0.2, -0.15) is 10.5 Å². The van der Waals surface area contributed by atoms with Crippen molar-refractivity contribution in [3.05, 3.63) is 0 Å². The van der Waals surface area contributed by atoms with Gasteiger partial charge in [-0.1, -0.05) is 26.7 Å². The lowest BCUT2D eigenvalue weighted by molar-refractivity contribution is -0.124. The van der Waals surface area contributed by atoms with Gasteiger partial charge in [-0.05, 0) is 12.8 Å². The van der Waals surface area contributed by atoms with Crippen molar-refractivity contribution in [2.24, 2.45) is 11.8 Å². The van der Waals surface area contributed by atoms with E-state index in [-0.39, 0.29) is 11.7 Å². The highest BCUT2D eigenvalue weighted by atomic mass is 16.1. The van der Waals surface area contributed by atoms with Gasteiger partial charge in [0.1, 0.15) is 0 Å². The lowest BCUT2D eigenvalue weighted by Crippen LogP contribution is -2.21. The molecule has 0 heterocycles. The molecule has 0 saturated carbocycles. The van der Waals surface area contributed by atoms with E-state index in [0.717, 1.165) is 25.7 Å². The standard InChI is InChI=1S/C11H16N2O/c1-3-5-6-9(4-2)11(14)10(7-12)8-13/h9-10H,3-6H2,1-2H3. The van der Waals surface area contributed by atoms with Gasteiger partial charge < -0.3 is 0 Å². The lowest BCUT2D eigenvalue weighted by atomic mass is 9.88. The minimum atomic E-state index is -1.07. The van der Waals surface area contributed by atoms with E-state index in [4.69, 9.17) is 10.5 Å². The lowest BCUT2D eigenvalue weighted by Gasteiger charge is -2.12. The molecule has 0 bridgehead atoms. The Labute approximate surface area is 85.3 Å². The van der Waals surface area contributed by atoms with Gasteiger partial charge in [0, 0.05) is 5.92 Å². The SMILES string of the molecule is CCCCC(CC)C(=O)C(C#N)C#N. The Hall–Kier alpha value is -1.35.